The first-order valence-corrected chi connectivity index (χ1v) is 8.13. The van der Waals surface area contributed by atoms with E-state index in [9.17, 15) is 9.59 Å². The van der Waals surface area contributed by atoms with Crippen molar-refractivity contribution in [3.63, 3.8) is 0 Å². The van der Waals surface area contributed by atoms with Gasteiger partial charge in [0.2, 0.25) is 11.8 Å². The number of nitrogens with one attached hydrogen (secondary N) is 1. The highest BCUT2D eigenvalue weighted by molar-refractivity contribution is 7.14. The van der Waals surface area contributed by atoms with Crippen LogP contribution in [-0.2, 0) is 9.59 Å². The standard InChI is InChI=1S/C15H20N4O2S/c1-18(2)15(21)12-4-3-7-19(12)8-5-13(20)17-14-11(10-16)6-9-22-14/h6,9,12H,3-5,7-8H2,1-2H3,(H,17,20)/t12-/m1/s1. The van der Waals surface area contributed by atoms with Gasteiger partial charge >= 0.3 is 0 Å². The Morgan fingerprint density at radius 1 is 1.55 bits per heavy atom. The molecule has 0 saturated carbocycles. The lowest BCUT2D eigenvalue weighted by molar-refractivity contribution is -0.133. The molecule has 1 saturated heterocycles. The Balaban J connectivity index is 1.86. The second kappa shape index (κ2) is 7.38. The summed E-state index contributed by atoms with van der Waals surface area (Å²) in [4.78, 5) is 27.8. The molecule has 22 heavy (non-hydrogen) atoms. The van der Waals surface area contributed by atoms with Crippen molar-refractivity contribution in [2.45, 2.75) is 25.3 Å². The van der Waals surface area contributed by atoms with Gasteiger partial charge in [0.15, 0.2) is 0 Å². The van der Waals surface area contributed by atoms with Gasteiger partial charge in [-0.3, -0.25) is 14.5 Å². The molecule has 1 aromatic heterocycles. The number of likely N-dealkylation sites (tertiary alicyclic amines) is 1. The van der Waals surface area contributed by atoms with Gasteiger partial charge in [0, 0.05) is 27.1 Å². The summed E-state index contributed by atoms with van der Waals surface area (Å²) in [7, 11) is 3.51. The minimum Gasteiger partial charge on any atom is -0.347 e. The van der Waals surface area contributed by atoms with Gasteiger partial charge < -0.3 is 10.2 Å². The highest BCUT2D eigenvalue weighted by Crippen LogP contribution is 2.23. The number of nitriles is 1. The minimum absolute atomic E-state index is 0.0999. The number of hydrogen-bond acceptors (Lipinski definition) is 5. The summed E-state index contributed by atoms with van der Waals surface area (Å²) in [5, 5.41) is 14.1. The summed E-state index contributed by atoms with van der Waals surface area (Å²) in [5.74, 6) is -0.0233. The molecule has 0 bridgehead atoms. The minimum atomic E-state index is -0.123. The van der Waals surface area contributed by atoms with E-state index in [2.05, 4.69) is 10.2 Å². The lowest BCUT2D eigenvalue weighted by Gasteiger charge is -2.25. The van der Waals surface area contributed by atoms with Gasteiger partial charge in [0.1, 0.15) is 11.1 Å². The van der Waals surface area contributed by atoms with Crippen LogP contribution in [0.25, 0.3) is 0 Å². The average molecular weight is 320 g/mol. The topological polar surface area (TPSA) is 76.4 Å². The fourth-order valence-corrected chi connectivity index (χ4v) is 3.35. The van der Waals surface area contributed by atoms with Crippen LogP contribution in [0.3, 0.4) is 0 Å². The molecular weight excluding hydrogens is 300 g/mol. The number of hydrogen-bond donors (Lipinski definition) is 1. The third-order valence-corrected chi connectivity index (χ3v) is 4.58. The Labute approximate surface area is 134 Å². The van der Waals surface area contributed by atoms with Gasteiger partial charge in [-0.15, -0.1) is 11.3 Å². The average Bonchev–Trinajstić information content (AvgIpc) is 3.12. The fourth-order valence-electron chi connectivity index (χ4n) is 2.60. The van der Waals surface area contributed by atoms with Gasteiger partial charge in [-0.2, -0.15) is 5.26 Å². The molecule has 1 aliphatic heterocycles. The van der Waals surface area contributed by atoms with E-state index in [1.54, 1.807) is 30.4 Å². The van der Waals surface area contributed by atoms with Crippen molar-refractivity contribution in [2.24, 2.45) is 0 Å². The quantitative estimate of drug-likeness (QED) is 0.892. The molecule has 2 rings (SSSR count). The molecule has 0 aromatic carbocycles. The first kappa shape index (κ1) is 16.5. The highest BCUT2D eigenvalue weighted by Gasteiger charge is 2.31. The molecule has 6 nitrogen and oxygen atoms in total. The van der Waals surface area contributed by atoms with Crippen LogP contribution in [0, 0.1) is 11.3 Å². The zero-order valence-corrected chi connectivity index (χ0v) is 13.7. The normalized spacial score (nSPS) is 18.0. The third-order valence-electron chi connectivity index (χ3n) is 3.75. The van der Waals surface area contributed by atoms with Crippen LogP contribution in [0.2, 0.25) is 0 Å². The van der Waals surface area contributed by atoms with Gasteiger partial charge in [-0.05, 0) is 30.8 Å². The van der Waals surface area contributed by atoms with Crippen LogP contribution in [0.4, 0.5) is 5.00 Å². The number of rotatable bonds is 5. The molecule has 0 unspecified atom stereocenters. The first-order chi connectivity index (χ1) is 10.5. The third kappa shape index (κ3) is 3.84. The second-order valence-corrected chi connectivity index (χ2v) is 6.42. The van der Waals surface area contributed by atoms with Crippen molar-refractivity contribution in [2.75, 3.05) is 32.5 Å². The lowest BCUT2D eigenvalue weighted by Crippen LogP contribution is -2.43. The van der Waals surface area contributed by atoms with Gasteiger partial charge in [-0.25, -0.2) is 0 Å². The van der Waals surface area contributed by atoms with Crippen LogP contribution in [0.5, 0.6) is 0 Å². The summed E-state index contributed by atoms with van der Waals surface area (Å²) in [6.07, 6.45) is 2.15. The maximum Gasteiger partial charge on any atom is 0.239 e. The number of amides is 2. The Bertz CT molecular complexity index is 591. The number of likely N-dealkylation sites (N-methyl/N-ethyl adjacent to an activating group) is 1. The van der Waals surface area contributed by atoms with Crippen LogP contribution < -0.4 is 5.32 Å². The van der Waals surface area contributed by atoms with Gasteiger partial charge in [0.25, 0.3) is 0 Å². The van der Waals surface area contributed by atoms with Crippen molar-refractivity contribution in [1.82, 2.24) is 9.80 Å². The Morgan fingerprint density at radius 3 is 3.00 bits per heavy atom. The molecule has 0 radical (unpaired) electrons. The molecule has 7 heteroatoms. The zero-order valence-electron chi connectivity index (χ0n) is 12.8. The van der Waals surface area contributed by atoms with Crippen molar-refractivity contribution in [3.05, 3.63) is 17.0 Å². The maximum atomic E-state index is 12.1. The number of anilines is 1. The zero-order chi connectivity index (χ0) is 16.1. The monoisotopic (exact) mass is 320 g/mol. The van der Waals surface area contributed by atoms with E-state index in [1.165, 1.54) is 11.3 Å². The fraction of sp³-hybridized carbons (Fsp3) is 0.533. The number of carbonyl (C=O) groups is 2. The van der Waals surface area contributed by atoms with E-state index in [1.807, 2.05) is 6.07 Å². The molecular formula is C15H20N4O2S. The van der Waals surface area contributed by atoms with Crippen molar-refractivity contribution in [3.8, 4) is 6.07 Å². The van der Waals surface area contributed by atoms with Crippen LogP contribution in [-0.4, -0.2) is 54.8 Å². The smallest absolute Gasteiger partial charge is 0.239 e. The van der Waals surface area contributed by atoms with Crippen molar-refractivity contribution < 1.29 is 9.59 Å². The predicted molar refractivity (Wildman–Crippen MR) is 85.6 cm³/mol. The molecule has 0 aliphatic carbocycles. The number of thiophene rings is 1. The molecule has 1 fully saturated rings. The molecule has 1 atom stereocenters. The molecule has 1 N–H and O–H groups in total. The number of carbonyl (C=O) groups excluding carboxylic acids is 2. The van der Waals surface area contributed by atoms with Gasteiger partial charge in [-0.1, -0.05) is 0 Å². The summed E-state index contributed by atoms with van der Waals surface area (Å²) in [6, 6.07) is 3.62. The van der Waals surface area contributed by atoms with E-state index in [0.29, 0.717) is 23.5 Å². The van der Waals surface area contributed by atoms with E-state index < -0.39 is 0 Å². The van der Waals surface area contributed by atoms with E-state index in [4.69, 9.17) is 5.26 Å². The van der Waals surface area contributed by atoms with Crippen molar-refractivity contribution >= 4 is 28.2 Å². The Hall–Kier alpha value is -1.91. The summed E-state index contributed by atoms with van der Waals surface area (Å²) >= 11 is 1.34. The number of nitrogens with zero attached hydrogens (tertiary/aromatic N) is 3. The first-order valence-electron chi connectivity index (χ1n) is 7.25. The summed E-state index contributed by atoms with van der Waals surface area (Å²) < 4.78 is 0. The molecule has 2 heterocycles. The van der Waals surface area contributed by atoms with E-state index >= 15 is 0 Å². The molecule has 118 valence electrons. The largest absolute Gasteiger partial charge is 0.347 e. The maximum absolute atomic E-state index is 12.1. The van der Waals surface area contributed by atoms with Gasteiger partial charge in [0.05, 0.1) is 11.6 Å². The predicted octanol–water partition coefficient (Wildman–Crippen LogP) is 1.50. The Kier molecular flexibility index (Phi) is 5.52. The SMILES string of the molecule is CN(C)C(=O)[C@H]1CCCN1CCC(=O)Nc1sccc1C#N. The van der Waals surface area contributed by atoms with Crippen LogP contribution in [0.15, 0.2) is 11.4 Å². The summed E-state index contributed by atoms with van der Waals surface area (Å²) in [6.45, 7) is 1.41. The lowest BCUT2D eigenvalue weighted by atomic mass is 10.2. The molecule has 0 spiro atoms. The van der Waals surface area contributed by atoms with E-state index in [-0.39, 0.29) is 17.9 Å². The molecule has 2 amide bonds. The second-order valence-electron chi connectivity index (χ2n) is 5.50. The summed E-state index contributed by atoms with van der Waals surface area (Å²) in [5.41, 5.74) is 0.486. The van der Waals surface area contributed by atoms with Crippen LogP contribution >= 0.6 is 11.3 Å². The molecule has 1 aromatic rings. The van der Waals surface area contributed by atoms with E-state index in [0.717, 1.165) is 19.4 Å². The molecule has 1 aliphatic rings. The van der Waals surface area contributed by atoms with Crippen molar-refractivity contribution in [1.29, 1.82) is 5.26 Å². The highest BCUT2D eigenvalue weighted by atomic mass is 32.1. The Morgan fingerprint density at radius 2 is 2.32 bits per heavy atom. The van der Waals surface area contributed by atoms with Crippen LogP contribution in [0.1, 0.15) is 24.8 Å².